The largest absolute Gasteiger partial charge is 0.481 e. The molecule has 0 heterocycles. The fourth-order valence-electron chi connectivity index (χ4n) is 2.75. The number of nitrogens with one attached hydrogen (secondary N) is 1. The van der Waals surface area contributed by atoms with Gasteiger partial charge < -0.3 is 10.1 Å². The second-order valence-electron chi connectivity index (χ2n) is 5.79. The molecule has 0 aromatic heterocycles. The van der Waals surface area contributed by atoms with E-state index >= 15 is 0 Å². The van der Waals surface area contributed by atoms with Crippen molar-refractivity contribution in [3.8, 4) is 5.75 Å². The van der Waals surface area contributed by atoms with Crippen LogP contribution >= 0.6 is 11.8 Å². The summed E-state index contributed by atoms with van der Waals surface area (Å²) in [4.78, 5) is 12.1. The summed E-state index contributed by atoms with van der Waals surface area (Å²) in [6, 6.07) is 7.91. The fraction of sp³-hybridized carbons (Fsp3) is 0.611. The van der Waals surface area contributed by atoms with Crippen molar-refractivity contribution in [3.05, 3.63) is 29.8 Å². The van der Waals surface area contributed by atoms with E-state index in [2.05, 4.69) is 12.2 Å². The van der Waals surface area contributed by atoms with Crippen LogP contribution in [-0.2, 0) is 11.2 Å². The molecule has 1 unspecified atom stereocenters. The lowest BCUT2D eigenvalue weighted by molar-refractivity contribution is -0.127. The van der Waals surface area contributed by atoms with E-state index in [0.717, 1.165) is 35.3 Å². The Labute approximate surface area is 138 Å². The maximum absolute atomic E-state index is 12.1. The van der Waals surface area contributed by atoms with Gasteiger partial charge in [0.1, 0.15) is 5.75 Å². The molecule has 22 heavy (non-hydrogen) atoms. The summed E-state index contributed by atoms with van der Waals surface area (Å²) in [6.07, 6.45) is 5.86. The molecular formula is C18H27NO2S. The van der Waals surface area contributed by atoms with Gasteiger partial charge in [-0.15, -0.1) is 0 Å². The van der Waals surface area contributed by atoms with E-state index in [1.54, 1.807) is 0 Å². The van der Waals surface area contributed by atoms with Crippen LogP contribution in [-0.4, -0.2) is 29.6 Å². The Bertz CT molecular complexity index is 472. The number of rotatable bonds is 8. The van der Waals surface area contributed by atoms with Crippen LogP contribution in [0.3, 0.4) is 0 Å². The average Bonchev–Trinajstić information content (AvgIpc) is 3.05. The Balaban J connectivity index is 1.70. The molecule has 1 aliphatic rings. The minimum absolute atomic E-state index is 0.0297. The zero-order valence-electron chi connectivity index (χ0n) is 13.6. The highest BCUT2D eigenvalue weighted by Crippen LogP contribution is 2.28. The number of hydrogen-bond acceptors (Lipinski definition) is 3. The van der Waals surface area contributed by atoms with Crippen LogP contribution in [0.4, 0.5) is 0 Å². The summed E-state index contributed by atoms with van der Waals surface area (Å²) in [7, 11) is 0. The summed E-state index contributed by atoms with van der Waals surface area (Å²) >= 11 is 1.99. The molecular weight excluding hydrogens is 294 g/mol. The summed E-state index contributed by atoms with van der Waals surface area (Å²) in [5.41, 5.74) is 1.14. The molecule has 1 aromatic carbocycles. The topological polar surface area (TPSA) is 38.3 Å². The molecule has 1 amide bonds. The van der Waals surface area contributed by atoms with Crippen molar-refractivity contribution in [2.24, 2.45) is 0 Å². The molecule has 0 saturated heterocycles. The van der Waals surface area contributed by atoms with E-state index in [9.17, 15) is 4.79 Å². The number of para-hydroxylation sites is 1. The van der Waals surface area contributed by atoms with E-state index in [-0.39, 0.29) is 5.91 Å². The first-order valence-corrected chi connectivity index (χ1v) is 9.39. The number of thioether (sulfide) groups is 1. The Hall–Kier alpha value is -1.16. The molecule has 0 radical (unpaired) electrons. The number of ether oxygens (including phenoxy) is 1. The van der Waals surface area contributed by atoms with Crippen LogP contribution in [0, 0.1) is 0 Å². The quantitative estimate of drug-likeness (QED) is 0.740. The molecule has 0 bridgehead atoms. The van der Waals surface area contributed by atoms with Crippen LogP contribution in [0.15, 0.2) is 24.3 Å². The van der Waals surface area contributed by atoms with E-state index < -0.39 is 6.10 Å². The standard InChI is InChI=1S/C18H27NO2S/c1-3-15-8-4-7-11-17(15)21-14(2)18(20)19-12-13-22-16-9-5-6-10-16/h4,7-8,11,14,16H,3,5-6,9-10,12-13H2,1-2H3,(H,19,20). The van der Waals surface area contributed by atoms with Gasteiger partial charge in [-0.05, 0) is 37.8 Å². The van der Waals surface area contributed by atoms with Gasteiger partial charge >= 0.3 is 0 Å². The number of benzene rings is 1. The third kappa shape index (κ3) is 5.24. The molecule has 2 rings (SSSR count). The van der Waals surface area contributed by atoms with Gasteiger partial charge in [0, 0.05) is 17.5 Å². The summed E-state index contributed by atoms with van der Waals surface area (Å²) in [5.74, 6) is 1.78. The molecule has 1 aliphatic carbocycles. The van der Waals surface area contributed by atoms with Crippen molar-refractivity contribution in [3.63, 3.8) is 0 Å². The molecule has 3 nitrogen and oxygen atoms in total. The van der Waals surface area contributed by atoms with Gasteiger partial charge in [-0.1, -0.05) is 38.0 Å². The van der Waals surface area contributed by atoms with Crippen LogP contribution in [0.25, 0.3) is 0 Å². The van der Waals surface area contributed by atoms with Gasteiger partial charge in [0.25, 0.3) is 5.91 Å². The van der Waals surface area contributed by atoms with Crippen molar-refractivity contribution in [1.29, 1.82) is 0 Å². The number of hydrogen-bond donors (Lipinski definition) is 1. The first-order valence-electron chi connectivity index (χ1n) is 8.34. The SMILES string of the molecule is CCc1ccccc1OC(C)C(=O)NCCSC1CCCC1. The van der Waals surface area contributed by atoms with Gasteiger partial charge in [0.15, 0.2) is 6.10 Å². The van der Waals surface area contributed by atoms with Gasteiger partial charge in [0.05, 0.1) is 0 Å². The summed E-state index contributed by atoms with van der Waals surface area (Å²) in [6.45, 7) is 4.63. The van der Waals surface area contributed by atoms with Crippen molar-refractivity contribution in [2.75, 3.05) is 12.3 Å². The van der Waals surface area contributed by atoms with E-state index in [1.165, 1.54) is 25.7 Å². The van der Waals surface area contributed by atoms with Gasteiger partial charge in [-0.25, -0.2) is 0 Å². The van der Waals surface area contributed by atoms with Crippen molar-refractivity contribution in [2.45, 2.75) is 57.3 Å². The molecule has 1 aromatic rings. The highest BCUT2D eigenvalue weighted by molar-refractivity contribution is 7.99. The highest BCUT2D eigenvalue weighted by atomic mass is 32.2. The maximum Gasteiger partial charge on any atom is 0.260 e. The van der Waals surface area contributed by atoms with Crippen LogP contribution < -0.4 is 10.1 Å². The Morgan fingerprint density at radius 3 is 2.82 bits per heavy atom. The minimum atomic E-state index is -0.454. The molecule has 1 atom stereocenters. The van der Waals surface area contributed by atoms with Crippen molar-refractivity contribution < 1.29 is 9.53 Å². The average molecular weight is 321 g/mol. The highest BCUT2D eigenvalue weighted by Gasteiger charge is 2.17. The smallest absolute Gasteiger partial charge is 0.260 e. The third-order valence-corrected chi connectivity index (χ3v) is 5.47. The molecule has 0 spiro atoms. The van der Waals surface area contributed by atoms with Crippen molar-refractivity contribution >= 4 is 17.7 Å². The van der Waals surface area contributed by atoms with Gasteiger partial charge in [0.2, 0.25) is 0 Å². The van der Waals surface area contributed by atoms with Crippen molar-refractivity contribution in [1.82, 2.24) is 5.32 Å². The number of carbonyl (C=O) groups is 1. The first-order chi connectivity index (χ1) is 10.7. The first kappa shape index (κ1) is 17.2. The number of carbonyl (C=O) groups excluding carboxylic acids is 1. The fourth-order valence-corrected chi connectivity index (χ4v) is 3.97. The summed E-state index contributed by atoms with van der Waals surface area (Å²) in [5, 5.41) is 3.79. The van der Waals surface area contributed by atoms with E-state index in [0.29, 0.717) is 0 Å². The normalized spacial score (nSPS) is 16.5. The predicted molar refractivity (Wildman–Crippen MR) is 93.6 cm³/mol. The summed E-state index contributed by atoms with van der Waals surface area (Å²) < 4.78 is 5.81. The molecule has 1 N–H and O–H groups in total. The van der Waals surface area contributed by atoms with E-state index in [4.69, 9.17) is 4.74 Å². The zero-order valence-corrected chi connectivity index (χ0v) is 14.5. The Morgan fingerprint density at radius 2 is 2.09 bits per heavy atom. The van der Waals surface area contributed by atoms with Crippen LogP contribution in [0.2, 0.25) is 0 Å². The Morgan fingerprint density at radius 1 is 1.36 bits per heavy atom. The zero-order chi connectivity index (χ0) is 15.8. The monoisotopic (exact) mass is 321 g/mol. The lowest BCUT2D eigenvalue weighted by atomic mass is 10.1. The number of aryl methyl sites for hydroxylation is 1. The Kier molecular flexibility index (Phi) is 7.10. The molecule has 4 heteroatoms. The second-order valence-corrected chi connectivity index (χ2v) is 7.20. The number of amides is 1. The lowest BCUT2D eigenvalue weighted by Gasteiger charge is -2.17. The second kappa shape index (κ2) is 9.09. The lowest BCUT2D eigenvalue weighted by Crippen LogP contribution is -2.37. The minimum Gasteiger partial charge on any atom is -0.481 e. The molecule has 1 saturated carbocycles. The molecule has 1 fully saturated rings. The van der Waals surface area contributed by atoms with Crippen LogP contribution in [0.1, 0.15) is 45.1 Å². The predicted octanol–water partition coefficient (Wildman–Crippen LogP) is 3.81. The maximum atomic E-state index is 12.1. The molecule has 0 aliphatic heterocycles. The van der Waals surface area contributed by atoms with Crippen LogP contribution in [0.5, 0.6) is 5.75 Å². The van der Waals surface area contributed by atoms with Gasteiger partial charge in [-0.2, -0.15) is 11.8 Å². The molecule has 122 valence electrons. The third-order valence-electron chi connectivity index (χ3n) is 4.08. The van der Waals surface area contributed by atoms with Gasteiger partial charge in [-0.3, -0.25) is 4.79 Å². The van der Waals surface area contributed by atoms with E-state index in [1.807, 2.05) is 43.0 Å².